The van der Waals surface area contributed by atoms with Crippen molar-refractivity contribution in [2.75, 3.05) is 32.8 Å². The highest BCUT2D eigenvalue weighted by atomic mass is 16.5. The van der Waals surface area contributed by atoms with Crippen LogP contribution in [-0.2, 0) is 11.3 Å². The maximum absolute atomic E-state index is 9.25. The molecule has 1 fully saturated rings. The molecule has 6 rings (SSSR count). The normalized spacial score (nSPS) is 18.8. The van der Waals surface area contributed by atoms with Gasteiger partial charge in [0.05, 0.1) is 55.3 Å². The third-order valence-electron chi connectivity index (χ3n) is 7.24. The molecule has 0 N–H and O–H groups in total. The van der Waals surface area contributed by atoms with E-state index < -0.39 is 0 Å². The summed E-state index contributed by atoms with van der Waals surface area (Å²) in [5, 5.41) is 18.4. The van der Waals surface area contributed by atoms with Crippen molar-refractivity contribution in [2.45, 2.75) is 25.8 Å². The Kier molecular flexibility index (Phi) is 6.33. The van der Waals surface area contributed by atoms with Gasteiger partial charge in [0.15, 0.2) is 0 Å². The van der Waals surface area contributed by atoms with Gasteiger partial charge in [-0.15, -0.1) is 0 Å². The van der Waals surface area contributed by atoms with E-state index in [0.717, 1.165) is 92.1 Å². The molecule has 1 aliphatic heterocycles. The Hall–Kier alpha value is -3.80. The molecule has 1 atom stereocenters. The zero-order valence-corrected chi connectivity index (χ0v) is 20.3. The topological polar surface area (TPSA) is 84.3 Å². The van der Waals surface area contributed by atoms with Gasteiger partial charge in [0.25, 0.3) is 0 Å². The molecule has 8 nitrogen and oxygen atoms in total. The lowest BCUT2D eigenvalue weighted by atomic mass is 9.88. The Morgan fingerprint density at radius 3 is 2.61 bits per heavy atom. The van der Waals surface area contributed by atoms with E-state index >= 15 is 0 Å². The number of rotatable bonds is 6. The van der Waals surface area contributed by atoms with Crippen LogP contribution in [0.3, 0.4) is 0 Å². The van der Waals surface area contributed by atoms with E-state index in [4.69, 9.17) is 9.72 Å². The van der Waals surface area contributed by atoms with Gasteiger partial charge in [0, 0.05) is 49.4 Å². The summed E-state index contributed by atoms with van der Waals surface area (Å²) in [4.78, 5) is 7.15. The van der Waals surface area contributed by atoms with Crippen molar-refractivity contribution < 1.29 is 4.74 Å². The van der Waals surface area contributed by atoms with Gasteiger partial charge >= 0.3 is 0 Å². The van der Waals surface area contributed by atoms with Crippen molar-refractivity contribution in [1.29, 1.82) is 5.26 Å². The molecule has 0 saturated carbocycles. The Morgan fingerprint density at radius 2 is 1.83 bits per heavy atom. The van der Waals surface area contributed by atoms with E-state index in [1.54, 1.807) is 6.20 Å². The Bertz CT molecular complexity index is 1420. The zero-order chi connectivity index (χ0) is 24.3. The molecular formula is C28H29N7O. The molecule has 0 amide bonds. The second-order valence-corrected chi connectivity index (χ2v) is 9.48. The van der Waals surface area contributed by atoms with Crippen molar-refractivity contribution in [3.8, 4) is 28.3 Å². The summed E-state index contributed by atoms with van der Waals surface area (Å²) in [5.74, 6) is 0.106. The fraction of sp³-hybridized carbons (Fsp3) is 0.357. The van der Waals surface area contributed by atoms with Gasteiger partial charge in [-0.2, -0.15) is 15.5 Å². The van der Waals surface area contributed by atoms with Gasteiger partial charge in [-0.1, -0.05) is 30.3 Å². The van der Waals surface area contributed by atoms with Crippen molar-refractivity contribution in [2.24, 2.45) is 5.92 Å². The van der Waals surface area contributed by atoms with Gasteiger partial charge in [-0.05, 0) is 36.0 Å². The molecule has 4 aromatic rings. The maximum Gasteiger partial charge on any atom is 0.0999 e. The smallest absolute Gasteiger partial charge is 0.0999 e. The second-order valence-electron chi connectivity index (χ2n) is 9.48. The third-order valence-corrected chi connectivity index (χ3v) is 7.24. The summed E-state index contributed by atoms with van der Waals surface area (Å²) in [6.45, 7) is 5.49. The van der Waals surface area contributed by atoms with E-state index in [2.05, 4.69) is 57.7 Å². The van der Waals surface area contributed by atoms with E-state index in [-0.39, 0.29) is 5.92 Å². The minimum Gasteiger partial charge on any atom is -0.379 e. The van der Waals surface area contributed by atoms with Crippen LogP contribution in [-0.4, -0.2) is 62.1 Å². The number of nitrogens with zero attached hydrogens (tertiary/aromatic N) is 7. The molecule has 3 aromatic heterocycles. The van der Waals surface area contributed by atoms with Gasteiger partial charge < -0.3 is 4.74 Å². The van der Waals surface area contributed by atoms with Crippen molar-refractivity contribution in [3.05, 3.63) is 67.0 Å². The first-order valence-corrected chi connectivity index (χ1v) is 12.6. The molecule has 0 spiro atoms. The zero-order valence-electron chi connectivity index (χ0n) is 20.3. The average Bonchev–Trinajstić information content (AvgIpc) is 3.60. The predicted molar refractivity (Wildman–Crippen MR) is 138 cm³/mol. The molecule has 36 heavy (non-hydrogen) atoms. The Morgan fingerprint density at radius 1 is 1.00 bits per heavy atom. The van der Waals surface area contributed by atoms with Gasteiger partial charge in [-0.3, -0.25) is 14.6 Å². The lowest BCUT2D eigenvalue weighted by Gasteiger charge is -2.26. The van der Waals surface area contributed by atoms with Crippen molar-refractivity contribution in [1.82, 2.24) is 29.3 Å². The van der Waals surface area contributed by atoms with E-state index in [1.807, 2.05) is 27.8 Å². The first kappa shape index (κ1) is 22.7. The molecule has 182 valence electrons. The number of nitriles is 1. The molecule has 0 bridgehead atoms. The minimum absolute atomic E-state index is 0.106. The molecule has 1 aliphatic carbocycles. The number of ether oxygens (including phenoxy) is 1. The highest BCUT2D eigenvalue weighted by Gasteiger charge is 2.20. The fourth-order valence-corrected chi connectivity index (χ4v) is 5.10. The number of morpholine rings is 1. The monoisotopic (exact) mass is 479 g/mol. The van der Waals surface area contributed by atoms with E-state index in [0.29, 0.717) is 0 Å². The number of aromatic nitrogens is 5. The lowest BCUT2D eigenvalue weighted by Crippen LogP contribution is -2.38. The number of allylic oxidation sites excluding steroid dienone is 2. The number of hydrogen-bond acceptors (Lipinski definition) is 6. The second kappa shape index (κ2) is 10.1. The van der Waals surface area contributed by atoms with E-state index in [1.165, 1.54) is 5.57 Å². The molecule has 8 heteroatoms. The average molecular weight is 480 g/mol. The van der Waals surface area contributed by atoms with Crippen LogP contribution in [0.2, 0.25) is 0 Å². The molecule has 1 saturated heterocycles. The molecular weight excluding hydrogens is 450 g/mol. The summed E-state index contributed by atoms with van der Waals surface area (Å²) in [7, 11) is 0. The summed E-state index contributed by atoms with van der Waals surface area (Å²) >= 11 is 0. The van der Waals surface area contributed by atoms with Crippen LogP contribution in [0.5, 0.6) is 0 Å². The van der Waals surface area contributed by atoms with Crippen molar-refractivity contribution >= 4 is 11.1 Å². The quantitative estimate of drug-likeness (QED) is 0.410. The van der Waals surface area contributed by atoms with Crippen LogP contribution < -0.4 is 0 Å². The maximum atomic E-state index is 9.25. The van der Waals surface area contributed by atoms with Gasteiger partial charge in [0.1, 0.15) is 0 Å². The van der Waals surface area contributed by atoms with Crippen LogP contribution >= 0.6 is 0 Å². The Labute approximate surface area is 210 Å². The highest BCUT2D eigenvalue weighted by Crippen LogP contribution is 2.35. The summed E-state index contributed by atoms with van der Waals surface area (Å²) in [5.41, 5.74) is 7.61. The molecule has 1 unspecified atom stereocenters. The summed E-state index contributed by atoms with van der Waals surface area (Å²) in [6.07, 6.45) is 14.4. The standard InChI is InChI=1S/C28H29N7O/c29-17-21-1-3-24(4-2-21)27-28-26(19-32-35(28)10-9-30-27)23-7-5-22(6-8-23)25-18-31-34(20-25)12-11-33-13-15-36-16-14-33/h3,5-10,18-21H,1-2,4,11-16H2. The molecule has 1 aromatic carbocycles. The van der Waals surface area contributed by atoms with Crippen molar-refractivity contribution in [3.63, 3.8) is 0 Å². The fourth-order valence-electron chi connectivity index (χ4n) is 5.10. The van der Waals surface area contributed by atoms with Crippen LogP contribution in [0.1, 0.15) is 25.0 Å². The van der Waals surface area contributed by atoms with Crippen LogP contribution in [0, 0.1) is 17.2 Å². The first-order chi connectivity index (χ1) is 17.8. The molecule has 0 radical (unpaired) electrons. The van der Waals surface area contributed by atoms with Gasteiger partial charge in [-0.25, -0.2) is 4.52 Å². The third kappa shape index (κ3) is 4.55. The SMILES string of the molecule is N#CC1CC=C(c2nccn3ncc(-c4ccc(-c5cnn(CCN6CCOCC6)c5)cc4)c23)CC1. The highest BCUT2D eigenvalue weighted by molar-refractivity contribution is 5.89. The van der Waals surface area contributed by atoms with Gasteiger partial charge in [0.2, 0.25) is 0 Å². The summed E-state index contributed by atoms with van der Waals surface area (Å²) in [6, 6.07) is 11.0. The minimum atomic E-state index is 0.106. The predicted octanol–water partition coefficient (Wildman–Crippen LogP) is 4.30. The van der Waals surface area contributed by atoms with Crippen LogP contribution in [0.4, 0.5) is 0 Å². The van der Waals surface area contributed by atoms with Crippen LogP contribution in [0.15, 0.2) is 61.3 Å². The molecule has 4 heterocycles. The van der Waals surface area contributed by atoms with E-state index in [9.17, 15) is 5.26 Å². The largest absolute Gasteiger partial charge is 0.379 e. The number of hydrogen-bond donors (Lipinski definition) is 0. The van der Waals surface area contributed by atoms with Crippen LogP contribution in [0.25, 0.3) is 33.3 Å². The lowest BCUT2D eigenvalue weighted by molar-refractivity contribution is 0.0360. The number of benzene rings is 1. The number of fused-ring (bicyclic) bond motifs is 1. The Balaban J connectivity index is 1.22. The summed E-state index contributed by atoms with van der Waals surface area (Å²) < 4.78 is 9.36. The first-order valence-electron chi connectivity index (χ1n) is 12.6. The molecule has 2 aliphatic rings.